The fraction of sp³-hybridized carbons (Fsp3) is 0.412. The van der Waals surface area contributed by atoms with Crippen LogP contribution in [0.2, 0.25) is 0 Å². The highest BCUT2D eigenvalue weighted by atomic mass is 15.2. The molecule has 2 aliphatic heterocycles. The molecule has 0 saturated carbocycles. The van der Waals surface area contributed by atoms with Gasteiger partial charge in [-0.05, 0) is 56.6 Å². The molecule has 104 valence electrons. The molecule has 1 spiro atoms. The van der Waals surface area contributed by atoms with Gasteiger partial charge in [-0.25, -0.2) is 0 Å². The van der Waals surface area contributed by atoms with Crippen molar-refractivity contribution < 1.29 is 0 Å². The largest absolute Gasteiger partial charge is 0.372 e. The molecule has 20 heavy (non-hydrogen) atoms. The lowest BCUT2D eigenvalue weighted by Crippen LogP contribution is -2.48. The molecule has 1 aromatic carbocycles. The van der Waals surface area contributed by atoms with Crippen LogP contribution in [0, 0.1) is 6.92 Å². The standard InChI is InChI=1S/C17H21N3/c1-13-5-6-15-14(12-13)18-17(7-10-19(2)11-8-17)16-4-3-9-20(15)16/h3-6,9,12,18H,7-8,10-11H2,1-2H3. The molecule has 1 fully saturated rings. The fourth-order valence-corrected chi connectivity index (χ4v) is 3.64. The Morgan fingerprint density at radius 1 is 1.15 bits per heavy atom. The molecule has 3 nitrogen and oxygen atoms in total. The highest BCUT2D eigenvalue weighted by Crippen LogP contribution is 2.43. The molecule has 1 saturated heterocycles. The maximum atomic E-state index is 3.87. The van der Waals surface area contributed by atoms with Gasteiger partial charge < -0.3 is 14.8 Å². The Labute approximate surface area is 120 Å². The molecule has 2 aliphatic rings. The average Bonchev–Trinajstić information content (AvgIpc) is 2.92. The fourth-order valence-electron chi connectivity index (χ4n) is 3.64. The first-order chi connectivity index (χ1) is 9.68. The van der Waals surface area contributed by atoms with Crippen LogP contribution >= 0.6 is 0 Å². The lowest BCUT2D eigenvalue weighted by Gasteiger charge is -2.45. The third-order valence-corrected chi connectivity index (χ3v) is 4.87. The van der Waals surface area contributed by atoms with Crippen molar-refractivity contribution in [3.63, 3.8) is 0 Å². The number of rotatable bonds is 0. The number of nitrogens with zero attached hydrogens (tertiary/aromatic N) is 2. The van der Waals surface area contributed by atoms with Gasteiger partial charge in [-0.15, -0.1) is 0 Å². The molecule has 3 heterocycles. The van der Waals surface area contributed by atoms with Crippen molar-refractivity contribution in [2.75, 3.05) is 25.5 Å². The summed E-state index contributed by atoms with van der Waals surface area (Å²) in [6.45, 7) is 4.47. The van der Waals surface area contributed by atoms with Crippen LogP contribution in [-0.2, 0) is 5.54 Å². The Morgan fingerprint density at radius 2 is 1.95 bits per heavy atom. The Kier molecular flexibility index (Phi) is 2.48. The Morgan fingerprint density at radius 3 is 2.75 bits per heavy atom. The maximum absolute atomic E-state index is 3.87. The van der Waals surface area contributed by atoms with Crippen molar-refractivity contribution in [1.29, 1.82) is 0 Å². The summed E-state index contributed by atoms with van der Waals surface area (Å²) in [5.74, 6) is 0. The summed E-state index contributed by atoms with van der Waals surface area (Å²) in [7, 11) is 2.22. The molecule has 1 N–H and O–H groups in total. The van der Waals surface area contributed by atoms with Crippen LogP contribution in [0.1, 0.15) is 24.1 Å². The van der Waals surface area contributed by atoms with Gasteiger partial charge in [0, 0.05) is 25.0 Å². The van der Waals surface area contributed by atoms with Crippen LogP contribution in [0.5, 0.6) is 0 Å². The van der Waals surface area contributed by atoms with Gasteiger partial charge in [0.25, 0.3) is 0 Å². The van der Waals surface area contributed by atoms with Crippen molar-refractivity contribution in [2.24, 2.45) is 0 Å². The number of aromatic nitrogens is 1. The summed E-state index contributed by atoms with van der Waals surface area (Å²) in [6, 6.07) is 11.1. The van der Waals surface area contributed by atoms with E-state index in [0.29, 0.717) is 0 Å². The van der Waals surface area contributed by atoms with Crippen molar-refractivity contribution in [3.8, 4) is 5.69 Å². The average molecular weight is 267 g/mol. The Bertz CT molecular complexity index is 648. The smallest absolute Gasteiger partial charge is 0.0804 e. The van der Waals surface area contributed by atoms with E-state index < -0.39 is 0 Å². The minimum Gasteiger partial charge on any atom is -0.372 e. The molecular weight excluding hydrogens is 246 g/mol. The van der Waals surface area contributed by atoms with E-state index in [0.717, 1.165) is 13.1 Å². The Hall–Kier alpha value is -1.74. The van der Waals surface area contributed by atoms with E-state index in [4.69, 9.17) is 0 Å². The van der Waals surface area contributed by atoms with Crippen molar-refractivity contribution in [2.45, 2.75) is 25.3 Å². The van der Waals surface area contributed by atoms with E-state index in [-0.39, 0.29) is 5.54 Å². The molecule has 0 aliphatic carbocycles. The molecule has 0 unspecified atom stereocenters. The summed E-state index contributed by atoms with van der Waals surface area (Å²) in [5, 5.41) is 3.87. The van der Waals surface area contributed by atoms with Gasteiger partial charge in [-0.3, -0.25) is 0 Å². The van der Waals surface area contributed by atoms with E-state index >= 15 is 0 Å². The molecule has 3 heteroatoms. The van der Waals surface area contributed by atoms with Gasteiger partial charge >= 0.3 is 0 Å². The number of aryl methyl sites for hydroxylation is 1. The number of piperidine rings is 1. The normalized spacial score (nSPS) is 20.3. The van der Waals surface area contributed by atoms with Crippen LogP contribution in [0.15, 0.2) is 36.5 Å². The topological polar surface area (TPSA) is 20.2 Å². The SMILES string of the molecule is Cc1ccc2c(c1)NC1(CCN(C)CC1)c1cccn1-2. The highest BCUT2D eigenvalue weighted by molar-refractivity contribution is 5.68. The van der Waals surface area contributed by atoms with Crippen LogP contribution in [-0.4, -0.2) is 29.6 Å². The zero-order valence-electron chi connectivity index (χ0n) is 12.2. The molecule has 1 aromatic heterocycles. The van der Waals surface area contributed by atoms with Crippen LogP contribution in [0.25, 0.3) is 5.69 Å². The molecule has 0 radical (unpaired) electrons. The summed E-state index contributed by atoms with van der Waals surface area (Å²) in [4.78, 5) is 2.42. The second kappa shape index (κ2) is 4.13. The van der Waals surface area contributed by atoms with Gasteiger partial charge in [-0.2, -0.15) is 0 Å². The lowest BCUT2D eigenvalue weighted by atomic mass is 9.82. The third-order valence-electron chi connectivity index (χ3n) is 4.87. The first-order valence-corrected chi connectivity index (χ1v) is 7.44. The van der Waals surface area contributed by atoms with Crippen molar-refractivity contribution >= 4 is 5.69 Å². The van der Waals surface area contributed by atoms with Crippen molar-refractivity contribution in [1.82, 2.24) is 9.47 Å². The zero-order valence-corrected chi connectivity index (χ0v) is 12.2. The predicted octanol–water partition coefficient (Wildman–Crippen LogP) is 3.13. The summed E-state index contributed by atoms with van der Waals surface area (Å²) in [6.07, 6.45) is 4.53. The summed E-state index contributed by atoms with van der Waals surface area (Å²) < 4.78 is 2.37. The monoisotopic (exact) mass is 267 g/mol. The maximum Gasteiger partial charge on any atom is 0.0804 e. The number of hydrogen-bond donors (Lipinski definition) is 1. The van der Waals surface area contributed by atoms with Gasteiger partial charge in [0.15, 0.2) is 0 Å². The zero-order chi connectivity index (χ0) is 13.7. The first kappa shape index (κ1) is 12.0. The van der Waals surface area contributed by atoms with Gasteiger partial charge in [-0.1, -0.05) is 6.07 Å². The number of anilines is 1. The molecule has 0 bridgehead atoms. The summed E-state index contributed by atoms with van der Waals surface area (Å²) >= 11 is 0. The van der Waals surface area contributed by atoms with Gasteiger partial charge in [0.2, 0.25) is 0 Å². The van der Waals surface area contributed by atoms with Gasteiger partial charge in [0.05, 0.1) is 16.9 Å². The number of benzene rings is 1. The second-order valence-electron chi connectivity index (χ2n) is 6.29. The quantitative estimate of drug-likeness (QED) is 0.791. The van der Waals surface area contributed by atoms with E-state index in [2.05, 4.69) is 65.3 Å². The summed E-state index contributed by atoms with van der Waals surface area (Å²) in [5.41, 5.74) is 5.40. The molecule has 4 rings (SSSR count). The van der Waals surface area contributed by atoms with E-state index in [1.165, 1.54) is 35.5 Å². The van der Waals surface area contributed by atoms with Crippen LogP contribution in [0.4, 0.5) is 5.69 Å². The Balaban J connectivity index is 1.86. The number of likely N-dealkylation sites (tertiary alicyclic amines) is 1. The van der Waals surface area contributed by atoms with E-state index in [1.807, 2.05) is 0 Å². The van der Waals surface area contributed by atoms with Crippen LogP contribution in [0.3, 0.4) is 0 Å². The minimum absolute atomic E-state index is 0.108. The number of hydrogen-bond acceptors (Lipinski definition) is 2. The van der Waals surface area contributed by atoms with E-state index in [1.54, 1.807) is 0 Å². The number of fused-ring (bicyclic) bond motifs is 4. The molecule has 2 aromatic rings. The van der Waals surface area contributed by atoms with Crippen molar-refractivity contribution in [3.05, 3.63) is 47.8 Å². The lowest BCUT2D eigenvalue weighted by molar-refractivity contribution is 0.199. The third kappa shape index (κ3) is 1.63. The first-order valence-electron chi connectivity index (χ1n) is 7.44. The predicted molar refractivity (Wildman–Crippen MR) is 82.5 cm³/mol. The minimum atomic E-state index is 0.108. The molecular formula is C17H21N3. The number of nitrogens with one attached hydrogen (secondary N) is 1. The molecule has 0 atom stereocenters. The van der Waals surface area contributed by atoms with Gasteiger partial charge in [0.1, 0.15) is 0 Å². The second-order valence-corrected chi connectivity index (χ2v) is 6.29. The van der Waals surface area contributed by atoms with Crippen LogP contribution < -0.4 is 5.32 Å². The highest BCUT2D eigenvalue weighted by Gasteiger charge is 2.40. The molecule has 0 amide bonds. The van der Waals surface area contributed by atoms with E-state index in [9.17, 15) is 0 Å².